The third-order valence-corrected chi connectivity index (χ3v) is 7.48. The molecule has 1 spiro atoms. The predicted molar refractivity (Wildman–Crippen MR) is 125 cm³/mol. The second kappa shape index (κ2) is 7.96. The number of hydrogen-bond acceptors (Lipinski definition) is 10. The molecule has 37 heavy (non-hydrogen) atoms. The SMILES string of the molecule is C=NC[C@@H]1COC(=O)N1c1noc2c(F)c3c(cc12)CC1(C(=O)NC(=O)NC1=O)[C@H]1[C@H](C)O[C@H](C)CN31. The van der Waals surface area contributed by atoms with Crippen LogP contribution >= 0.6 is 0 Å². The van der Waals surface area contributed by atoms with Crippen LogP contribution in [0.25, 0.3) is 11.0 Å². The minimum atomic E-state index is -1.78. The Morgan fingerprint density at radius 2 is 1.97 bits per heavy atom. The number of amides is 5. The first-order valence-corrected chi connectivity index (χ1v) is 11.8. The van der Waals surface area contributed by atoms with Gasteiger partial charge in [0.15, 0.2) is 17.1 Å². The summed E-state index contributed by atoms with van der Waals surface area (Å²) in [5, 5.41) is 8.52. The predicted octanol–water partition coefficient (Wildman–Crippen LogP) is 0.883. The van der Waals surface area contributed by atoms with E-state index in [2.05, 4.69) is 27.5 Å². The number of imide groups is 2. The first-order valence-electron chi connectivity index (χ1n) is 11.8. The average Bonchev–Trinajstić information content (AvgIpc) is 3.40. The average molecular weight is 514 g/mol. The van der Waals surface area contributed by atoms with E-state index in [4.69, 9.17) is 14.0 Å². The van der Waals surface area contributed by atoms with Crippen LogP contribution in [0, 0.1) is 11.2 Å². The van der Waals surface area contributed by atoms with Crippen molar-refractivity contribution in [2.45, 2.75) is 44.6 Å². The monoisotopic (exact) mass is 514 g/mol. The van der Waals surface area contributed by atoms with Gasteiger partial charge in [0.1, 0.15) is 6.61 Å². The number of cyclic esters (lactones) is 1. The van der Waals surface area contributed by atoms with Gasteiger partial charge in [-0.2, -0.15) is 0 Å². The highest BCUT2D eigenvalue weighted by Gasteiger charge is 2.63. The fraction of sp³-hybridized carbons (Fsp3) is 0.478. The number of aromatic nitrogens is 1. The summed E-state index contributed by atoms with van der Waals surface area (Å²) < 4.78 is 32.7. The molecular formula is C23H23FN6O7. The van der Waals surface area contributed by atoms with E-state index >= 15 is 4.39 Å². The lowest BCUT2D eigenvalue weighted by atomic mass is 9.66. The van der Waals surface area contributed by atoms with Gasteiger partial charge >= 0.3 is 12.1 Å². The van der Waals surface area contributed by atoms with E-state index < -0.39 is 53.4 Å². The number of halogens is 1. The number of carbonyl (C=O) groups excluding carboxylic acids is 4. The van der Waals surface area contributed by atoms with Gasteiger partial charge < -0.3 is 18.9 Å². The van der Waals surface area contributed by atoms with Gasteiger partial charge in [0, 0.05) is 13.0 Å². The Hall–Kier alpha value is -4.07. The number of nitrogens with zero attached hydrogens (tertiary/aromatic N) is 4. The fourth-order valence-corrected chi connectivity index (χ4v) is 6.11. The smallest absolute Gasteiger partial charge is 0.416 e. The lowest BCUT2D eigenvalue weighted by Gasteiger charge is -2.55. The normalized spacial score (nSPS) is 28.6. The molecule has 5 amide bonds. The number of benzene rings is 1. The van der Waals surface area contributed by atoms with Gasteiger partial charge in [-0.25, -0.2) is 18.9 Å². The van der Waals surface area contributed by atoms with Crippen LogP contribution < -0.4 is 20.4 Å². The molecule has 3 saturated heterocycles. The number of barbiturate groups is 1. The summed E-state index contributed by atoms with van der Waals surface area (Å²) in [5.74, 6) is -2.30. The molecule has 5 heterocycles. The molecule has 0 radical (unpaired) electrons. The van der Waals surface area contributed by atoms with Crippen LogP contribution in [0.15, 0.2) is 15.6 Å². The number of nitrogens with one attached hydrogen (secondary N) is 2. The molecule has 2 aromatic rings. The van der Waals surface area contributed by atoms with Gasteiger partial charge in [-0.3, -0.25) is 25.2 Å². The molecular weight excluding hydrogens is 491 g/mol. The summed E-state index contributed by atoms with van der Waals surface area (Å²) in [5.41, 5.74) is -1.50. The van der Waals surface area contributed by atoms with E-state index in [1.54, 1.807) is 24.8 Å². The van der Waals surface area contributed by atoms with Gasteiger partial charge in [0.05, 0.1) is 41.9 Å². The van der Waals surface area contributed by atoms with Crippen LogP contribution in [0.3, 0.4) is 0 Å². The van der Waals surface area contributed by atoms with Crippen LogP contribution in [-0.4, -0.2) is 79.8 Å². The molecule has 0 unspecified atom stereocenters. The number of rotatable bonds is 3. The maximum Gasteiger partial charge on any atom is 0.416 e. The molecule has 4 aliphatic rings. The van der Waals surface area contributed by atoms with Gasteiger partial charge in [0.2, 0.25) is 17.4 Å². The molecule has 194 valence electrons. The van der Waals surface area contributed by atoms with E-state index in [9.17, 15) is 19.2 Å². The molecule has 0 saturated carbocycles. The van der Waals surface area contributed by atoms with Gasteiger partial charge in [-0.05, 0) is 32.2 Å². The minimum absolute atomic E-state index is 0.0282. The van der Waals surface area contributed by atoms with Gasteiger partial charge in [-0.15, -0.1) is 0 Å². The van der Waals surface area contributed by atoms with Crippen molar-refractivity contribution in [2.24, 2.45) is 10.4 Å². The van der Waals surface area contributed by atoms with Gasteiger partial charge in [0.25, 0.3) is 0 Å². The van der Waals surface area contributed by atoms with Crippen molar-refractivity contribution in [2.75, 3.05) is 29.5 Å². The standard InChI is InChI=1S/C23H23FN6O7/c1-9-7-29-15-11(5-23(17(29)10(2)36-9)19(31)26-21(33)27-20(23)32)4-13-16(14(15)24)37-28-18(13)30-12(6-25-3)8-35-22(30)34/h4,9-10,12,17H,3,5-8H2,1-2H3,(H2,26,27,31,32,33)/t9-,10+,12-,17-/m1/s1. The van der Waals surface area contributed by atoms with Crippen molar-refractivity contribution in [3.05, 3.63) is 17.4 Å². The van der Waals surface area contributed by atoms with Crippen molar-refractivity contribution in [1.82, 2.24) is 15.8 Å². The Morgan fingerprint density at radius 1 is 1.24 bits per heavy atom. The van der Waals surface area contributed by atoms with Crippen molar-refractivity contribution in [1.29, 1.82) is 0 Å². The summed E-state index contributed by atoms with van der Waals surface area (Å²) in [7, 11) is 0. The second-order valence-electron chi connectivity index (χ2n) is 9.72. The number of ether oxygens (including phenoxy) is 2. The molecule has 0 bridgehead atoms. The third-order valence-electron chi connectivity index (χ3n) is 7.48. The van der Waals surface area contributed by atoms with Crippen molar-refractivity contribution in [3.8, 4) is 0 Å². The number of carbonyl (C=O) groups is 4. The second-order valence-corrected chi connectivity index (χ2v) is 9.72. The zero-order valence-electron chi connectivity index (χ0n) is 19.9. The Labute approximate surface area is 208 Å². The van der Waals surface area contributed by atoms with Crippen molar-refractivity contribution in [3.63, 3.8) is 0 Å². The Balaban J connectivity index is 1.56. The minimum Gasteiger partial charge on any atom is -0.447 e. The molecule has 6 rings (SSSR count). The summed E-state index contributed by atoms with van der Waals surface area (Å²) in [6, 6.07) is -0.790. The molecule has 4 aliphatic heterocycles. The molecule has 2 N–H and O–H groups in total. The fourth-order valence-electron chi connectivity index (χ4n) is 6.11. The van der Waals surface area contributed by atoms with E-state index in [1.165, 1.54) is 4.90 Å². The highest BCUT2D eigenvalue weighted by Crippen LogP contribution is 2.50. The lowest BCUT2D eigenvalue weighted by Crippen LogP contribution is -2.75. The van der Waals surface area contributed by atoms with E-state index in [-0.39, 0.29) is 54.7 Å². The molecule has 1 aromatic carbocycles. The lowest BCUT2D eigenvalue weighted by molar-refractivity contribution is -0.153. The molecule has 4 atom stereocenters. The van der Waals surface area contributed by atoms with Crippen LogP contribution in [0.4, 0.5) is 25.5 Å². The Morgan fingerprint density at radius 3 is 2.68 bits per heavy atom. The highest BCUT2D eigenvalue weighted by molar-refractivity contribution is 6.20. The Kier molecular flexibility index (Phi) is 5.02. The summed E-state index contributed by atoms with van der Waals surface area (Å²) >= 11 is 0. The highest BCUT2D eigenvalue weighted by atomic mass is 19.1. The third kappa shape index (κ3) is 3.11. The van der Waals surface area contributed by atoms with E-state index in [1.807, 2.05) is 0 Å². The van der Waals surface area contributed by atoms with Crippen molar-refractivity contribution >= 4 is 53.1 Å². The van der Waals surface area contributed by atoms with Gasteiger partial charge in [-0.1, -0.05) is 5.16 Å². The van der Waals surface area contributed by atoms with Crippen molar-refractivity contribution < 1.29 is 37.6 Å². The molecule has 1 aromatic heterocycles. The van der Waals surface area contributed by atoms with Crippen LogP contribution in [0.1, 0.15) is 19.4 Å². The molecule has 0 aliphatic carbocycles. The summed E-state index contributed by atoms with van der Waals surface area (Å²) in [6.45, 7) is 7.34. The first kappa shape index (κ1) is 23.3. The molecule has 3 fully saturated rings. The number of aliphatic imine (C=N–C) groups is 1. The van der Waals surface area contributed by atoms with Crippen LogP contribution in [-0.2, 0) is 25.5 Å². The number of urea groups is 1. The molecule has 13 nitrogen and oxygen atoms in total. The maximum absolute atomic E-state index is 16.2. The van der Waals surface area contributed by atoms with E-state index in [0.29, 0.717) is 5.56 Å². The zero-order chi connectivity index (χ0) is 26.2. The quantitative estimate of drug-likeness (QED) is 0.448. The number of anilines is 2. The van der Waals surface area contributed by atoms with Crippen LogP contribution in [0.2, 0.25) is 0 Å². The van der Waals surface area contributed by atoms with Crippen LogP contribution in [0.5, 0.6) is 0 Å². The number of morpholine rings is 1. The molecule has 14 heteroatoms. The zero-order valence-corrected chi connectivity index (χ0v) is 19.9. The van der Waals surface area contributed by atoms with E-state index in [0.717, 1.165) is 0 Å². The summed E-state index contributed by atoms with van der Waals surface area (Å²) in [4.78, 5) is 57.8. The largest absolute Gasteiger partial charge is 0.447 e. The number of fused-ring (bicyclic) bond motifs is 5. The number of hydrogen-bond donors (Lipinski definition) is 2. The summed E-state index contributed by atoms with van der Waals surface area (Å²) in [6.07, 6.45) is -1.93. The Bertz CT molecular complexity index is 1370. The first-order chi connectivity index (χ1) is 17.7. The topological polar surface area (TPSA) is 156 Å². The maximum atomic E-state index is 16.2.